The van der Waals surface area contributed by atoms with Crippen molar-refractivity contribution in [2.24, 2.45) is 5.92 Å². The highest BCUT2D eigenvalue weighted by Crippen LogP contribution is 2.18. The number of amides is 2. The first-order valence-corrected chi connectivity index (χ1v) is 9.28. The Hall–Kier alpha value is -2.61. The van der Waals surface area contributed by atoms with Crippen LogP contribution in [0.5, 0.6) is 5.75 Å². The number of aryl methyl sites for hydroxylation is 1. The largest absolute Gasteiger partial charge is 0.491 e. The molecule has 0 aromatic heterocycles. The van der Waals surface area contributed by atoms with Crippen LogP contribution in [0, 0.1) is 18.7 Å². The molecule has 1 fully saturated rings. The molecule has 1 atom stereocenters. The number of carbonyl (C=O) groups is 2. The number of hydrogen-bond donors (Lipinski definition) is 1. The molecule has 1 aliphatic rings. The van der Waals surface area contributed by atoms with Gasteiger partial charge in [0.15, 0.2) is 0 Å². The predicted octanol–water partition coefficient (Wildman–Crippen LogP) is 2.29. The molecule has 2 amide bonds. The zero-order valence-electron chi connectivity index (χ0n) is 16.1. The number of rotatable bonds is 10. The molecule has 1 aromatic carbocycles. The van der Waals surface area contributed by atoms with Gasteiger partial charge in [0, 0.05) is 31.6 Å². The lowest BCUT2D eigenvalue weighted by Gasteiger charge is -2.14. The number of benzene rings is 1. The van der Waals surface area contributed by atoms with Crippen molar-refractivity contribution in [3.8, 4) is 5.75 Å². The molecule has 0 bridgehead atoms. The molecule has 8 heteroatoms. The highest BCUT2D eigenvalue weighted by Gasteiger charge is 2.25. The Morgan fingerprint density at radius 3 is 2.96 bits per heavy atom. The molecule has 1 unspecified atom stereocenters. The van der Waals surface area contributed by atoms with Crippen molar-refractivity contribution >= 4 is 12.0 Å². The Morgan fingerprint density at radius 1 is 1.36 bits per heavy atom. The fourth-order valence-electron chi connectivity index (χ4n) is 2.81. The fourth-order valence-corrected chi connectivity index (χ4v) is 2.81. The quantitative estimate of drug-likeness (QED) is 0.487. The summed E-state index contributed by atoms with van der Waals surface area (Å²) in [6.07, 6.45) is 1.59. The van der Waals surface area contributed by atoms with E-state index in [0.29, 0.717) is 38.6 Å². The number of carbonyl (C=O) groups excluding carboxylic acids is 2. The number of hydrogen-bond acceptors (Lipinski definition) is 5. The summed E-state index contributed by atoms with van der Waals surface area (Å²) in [5, 5.41) is 2.60. The van der Waals surface area contributed by atoms with Gasteiger partial charge in [-0.15, -0.1) is 0 Å². The van der Waals surface area contributed by atoms with E-state index in [9.17, 15) is 14.0 Å². The molecule has 28 heavy (non-hydrogen) atoms. The van der Waals surface area contributed by atoms with E-state index in [1.165, 1.54) is 18.2 Å². The molecular weight excluding hydrogens is 367 g/mol. The van der Waals surface area contributed by atoms with Gasteiger partial charge in [-0.25, -0.2) is 9.18 Å². The van der Waals surface area contributed by atoms with Gasteiger partial charge in [0.25, 0.3) is 0 Å². The van der Waals surface area contributed by atoms with Gasteiger partial charge in [0.05, 0.1) is 19.8 Å². The number of likely N-dealkylation sites (tertiary alicyclic amines) is 1. The molecule has 2 rings (SSSR count). The SMILES string of the molecule is C=CC(=O)N1CCC(COC(=O)NCCOCCOc2cc(F)ccc2C)C1. The number of nitrogens with zero attached hydrogens (tertiary/aromatic N) is 1. The first-order chi connectivity index (χ1) is 13.5. The van der Waals surface area contributed by atoms with Crippen LogP contribution >= 0.6 is 0 Å². The van der Waals surface area contributed by atoms with E-state index in [0.717, 1.165) is 12.0 Å². The van der Waals surface area contributed by atoms with Gasteiger partial charge in [-0.05, 0) is 31.1 Å². The van der Waals surface area contributed by atoms with E-state index in [2.05, 4.69) is 11.9 Å². The van der Waals surface area contributed by atoms with E-state index in [-0.39, 0.29) is 30.9 Å². The van der Waals surface area contributed by atoms with Gasteiger partial charge in [0.1, 0.15) is 18.2 Å². The highest BCUT2D eigenvalue weighted by atomic mass is 19.1. The van der Waals surface area contributed by atoms with E-state index >= 15 is 0 Å². The maximum Gasteiger partial charge on any atom is 0.407 e. The lowest BCUT2D eigenvalue weighted by atomic mass is 10.1. The second kappa shape index (κ2) is 11.3. The minimum atomic E-state index is -0.510. The van der Waals surface area contributed by atoms with Crippen molar-refractivity contribution in [1.82, 2.24) is 10.2 Å². The third-order valence-corrected chi connectivity index (χ3v) is 4.37. The Morgan fingerprint density at radius 2 is 2.18 bits per heavy atom. The van der Waals surface area contributed by atoms with Crippen LogP contribution in [0.15, 0.2) is 30.9 Å². The minimum Gasteiger partial charge on any atom is -0.491 e. The molecule has 1 aliphatic heterocycles. The Labute approximate surface area is 164 Å². The summed E-state index contributed by atoms with van der Waals surface area (Å²) < 4.78 is 29.1. The lowest BCUT2D eigenvalue weighted by Crippen LogP contribution is -2.31. The monoisotopic (exact) mass is 394 g/mol. The number of nitrogens with one attached hydrogen (secondary N) is 1. The summed E-state index contributed by atoms with van der Waals surface area (Å²) in [5.74, 6) is 0.197. The van der Waals surface area contributed by atoms with E-state index in [1.54, 1.807) is 11.0 Å². The van der Waals surface area contributed by atoms with Crippen LogP contribution in [0.2, 0.25) is 0 Å². The summed E-state index contributed by atoms with van der Waals surface area (Å²) in [6.45, 7) is 8.04. The Balaban J connectivity index is 1.48. The number of halogens is 1. The van der Waals surface area contributed by atoms with Crippen LogP contribution < -0.4 is 10.1 Å². The van der Waals surface area contributed by atoms with E-state index in [4.69, 9.17) is 14.2 Å². The zero-order chi connectivity index (χ0) is 20.4. The zero-order valence-corrected chi connectivity index (χ0v) is 16.1. The summed E-state index contributed by atoms with van der Waals surface area (Å²) in [4.78, 5) is 24.9. The first kappa shape index (κ1) is 21.7. The molecule has 0 spiro atoms. The standard InChI is InChI=1S/C20H27FN2O5/c1-3-19(24)23-8-6-16(13-23)14-28-20(25)22-7-9-26-10-11-27-18-12-17(21)5-4-15(18)2/h3-5,12,16H,1,6-11,13-14H2,2H3,(H,22,25). The van der Waals surface area contributed by atoms with Gasteiger partial charge in [-0.1, -0.05) is 12.6 Å². The summed E-state index contributed by atoms with van der Waals surface area (Å²) in [7, 11) is 0. The molecule has 0 aliphatic carbocycles. The summed E-state index contributed by atoms with van der Waals surface area (Å²) >= 11 is 0. The predicted molar refractivity (Wildman–Crippen MR) is 102 cm³/mol. The third-order valence-electron chi connectivity index (χ3n) is 4.37. The van der Waals surface area contributed by atoms with Gasteiger partial charge in [-0.2, -0.15) is 0 Å². The van der Waals surface area contributed by atoms with Crippen LogP contribution in [-0.2, 0) is 14.3 Å². The molecule has 1 saturated heterocycles. The first-order valence-electron chi connectivity index (χ1n) is 9.28. The molecule has 154 valence electrons. The maximum absolute atomic E-state index is 13.1. The molecular formula is C20H27FN2O5. The highest BCUT2D eigenvalue weighted by molar-refractivity contribution is 5.87. The van der Waals surface area contributed by atoms with Crippen LogP contribution in [0.4, 0.5) is 9.18 Å². The lowest BCUT2D eigenvalue weighted by molar-refractivity contribution is -0.125. The summed E-state index contributed by atoms with van der Waals surface area (Å²) in [6, 6.07) is 4.37. The van der Waals surface area contributed by atoms with Gasteiger partial charge in [-0.3, -0.25) is 4.79 Å². The minimum absolute atomic E-state index is 0.0966. The molecule has 0 saturated carbocycles. The van der Waals surface area contributed by atoms with Gasteiger partial charge < -0.3 is 24.4 Å². The Kier molecular flexibility index (Phi) is 8.74. The maximum atomic E-state index is 13.1. The smallest absolute Gasteiger partial charge is 0.407 e. The second-order valence-electron chi connectivity index (χ2n) is 6.54. The number of ether oxygens (including phenoxy) is 3. The van der Waals surface area contributed by atoms with Crippen LogP contribution in [0.1, 0.15) is 12.0 Å². The van der Waals surface area contributed by atoms with Gasteiger partial charge >= 0.3 is 6.09 Å². The molecule has 1 heterocycles. The van der Waals surface area contributed by atoms with Crippen LogP contribution in [0.3, 0.4) is 0 Å². The van der Waals surface area contributed by atoms with Crippen LogP contribution in [-0.4, -0.2) is 63.0 Å². The molecule has 1 N–H and O–H groups in total. The molecule has 1 aromatic rings. The van der Waals surface area contributed by atoms with Crippen LogP contribution in [0.25, 0.3) is 0 Å². The summed E-state index contributed by atoms with van der Waals surface area (Å²) in [5.41, 5.74) is 0.852. The van der Waals surface area contributed by atoms with Crippen molar-refractivity contribution in [3.63, 3.8) is 0 Å². The van der Waals surface area contributed by atoms with Crippen molar-refractivity contribution in [1.29, 1.82) is 0 Å². The Bertz CT molecular complexity index is 683. The molecule has 7 nitrogen and oxygen atoms in total. The normalized spacial score (nSPS) is 15.9. The van der Waals surface area contributed by atoms with Crippen molar-refractivity contribution in [2.75, 3.05) is 46.1 Å². The second-order valence-corrected chi connectivity index (χ2v) is 6.54. The van der Waals surface area contributed by atoms with Crippen molar-refractivity contribution in [3.05, 3.63) is 42.2 Å². The average Bonchev–Trinajstić information content (AvgIpc) is 3.16. The fraction of sp³-hybridized carbons (Fsp3) is 0.500. The van der Waals surface area contributed by atoms with Crippen molar-refractivity contribution in [2.45, 2.75) is 13.3 Å². The van der Waals surface area contributed by atoms with Gasteiger partial charge in [0.2, 0.25) is 5.91 Å². The number of alkyl carbamates (subject to hydrolysis) is 1. The molecule has 0 radical (unpaired) electrons. The van der Waals surface area contributed by atoms with E-state index < -0.39 is 6.09 Å². The van der Waals surface area contributed by atoms with E-state index in [1.807, 2.05) is 6.92 Å². The third kappa shape index (κ3) is 7.19. The average molecular weight is 394 g/mol. The topological polar surface area (TPSA) is 77.1 Å². The van der Waals surface area contributed by atoms with Crippen molar-refractivity contribution < 1.29 is 28.2 Å².